The number of benzene rings is 1. The van der Waals surface area contributed by atoms with E-state index in [0.29, 0.717) is 12.4 Å². The van der Waals surface area contributed by atoms with Crippen LogP contribution in [-0.2, 0) is 0 Å². The number of nitrogens with one attached hydrogen (secondary N) is 1. The summed E-state index contributed by atoms with van der Waals surface area (Å²) in [5.74, 6) is 0.640. The lowest BCUT2D eigenvalue weighted by atomic mass is 10.3. The van der Waals surface area contributed by atoms with E-state index in [2.05, 4.69) is 11.9 Å². The molecule has 0 atom stereocenters. The van der Waals surface area contributed by atoms with E-state index < -0.39 is 4.92 Å². The SMILES string of the molecule is C=CCCNCCOc1ccc([N+](=O)[O-])cc1. The van der Waals surface area contributed by atoms with E-state index in [-0.39, 0.29) is 5.69 Å². The average Bonchev–Trinajstić information content (AvgIpc) is 2.34. The average molecular weight is 236 g/mol. The predicted molar refractivity (Wildman–Crippen MR) is 66.3 cm³/mol. The van der Waals surface area contributed by atoms with E-state index in [1.165, 1.54) is 12.1 Å². The van der Waals surface area contributed by atoms with Crippen LogP contribution in [0.5, 0.6) is 5.75 Å². The van der Waals surface area contributed by atoms with Gasteiger partial charge in [0.2, 0.25) is 0 Å². The molecule has 0 radical (unpaired) electrons. The van der Waals surface area contributed by atoms with Gasteiger partial charge in [0.15, 0.2) is 0 Å². The summed E-state index contributed by atoms with van der Waals surface area (Å²) in [5.41, 5.74) is 0.0708. The standard InChI is InChI=1S/C12H16N2O3/c1-2-3-8-13-9-10-17-12-6-4-11(5-7-12)14(15)16/h2,4-7,13H,1,3,8-10H2. The van der Waals surface area contributed by atoms with E-state index in [9.17, 15) is 10.1 Å². The van der Waals surface area contributed by atoms with Crippen LogP contribution < -0.4 is 10.1 Å². The normalized spacial score (nSPS) is 9.88. The first-order valence-corrected chi connectivity index (χ1v) is 5.43. The molecule has 92 valence electrons. The summed E-state index contributed by atoms with van der Waals surface area (Å²) in [7, 11) is 0. The van der Waals surface area contributed by atoms with Crippen molar-refractivity contribution in [2.24, 2.45) is 0 Å². The van der Waals surface area contributed by atoms with Crippen molar-refractivity contribution < 1.29 is 9.66 Å². The Morgan fingerprint density at radius 1 is 1.35 bits per heavy atom. The molecule has 1 aromatic carbocycles. The number of hydrogen-bond donors (Lipinski definition) is 1. The third-order valence-electron chi connectivity index (χ3n) is 2.12. The highest BCUT2D eigenvalue weighted by Crippen LogP contribution is 2.16. The highest BCUT2D eigenvalue weighted by atomic mass is 16.6. The molecule has 0 unspecified atom stereocenters. The fraction of sp³-hybridized carbons (Fsp3) is 0.333. The smallest absolute Gasteiger partial charge is 0.269 e. The first-order chi connectivity index (χ1) is 8.24. The highest BCUT2D eigenvalue weighted by Gasteiger charge is 2.03. The molecular formula is C12H16N2O3. The molecule has 0 aliphatic heterocycles. The second-order valence-corrected chi connectivity index (χ2v) is 3.43. The van der Waals surface area contributed by atoms with Gasteiger partial charge < -0.3 is 10.1 Å². The van der Waals surface area contributed by atoms with Gasteiger partial charge >= 0.3 is 0 Å². The molecule has 0 fully saturated rings. The van der Waals surface area contributed by atoms with Crippen molar-refractivity contribution in [3.8, 4) is 5.75 Å². The summed E-state index contributed by atoms with van der Waals surface area (Å²) in [6.45, 7) is 5.78. The minimum Gasteiger partial charge on any atom is -0.492 e. The van der Waals surface area contributed by atoms with Crippen molar-refractivity contribution in [3.63, 3.8) is 0 Å². The van der Waals surface area contributed by atoms with Gasteiger partial charge in [-0.15, -0.1) is 6.58 Å². The maximum absolute atomic E-state index is 10.4. The Morgan fingerprint density at radius 3 is 2.65 bits per heavy atom. The van der Waals surface area contributed by atoms with Gasteiger partial charge in [0.1, 0.15) is 12.4 Å². The Balaban J connectivity index is 2.23. The molecule has 5 nitrogen and oxygen atoms in total. The molecule has 1 rings (SSSR count). The topological polar surface area (TPSA) is 64.4 Å². The van der Waals surface area contributed by atoms with Crippen LogP contribution in [0.2, 0.25) is 0 Å². The molecule has 0 saturated heterocycles. The Hall–Kier alpha value is -1.88. The Bertz CT molecular complexity index is 363. The van der Waals surface area contributed by atoms with Crippen molar-refractivity contribution in [3.05, 3.63) is 47.0 Å². The van der Waals surface area contributed by atoms with Crippen molar-refractivity contribution in [2.75, 3.05) is 19.7 Å². The van der Waals surface area contributed by atoms with Crippen LogP contribution in [0.1, 0.15) is 6.42 Å². The largest absolute Gasteiger partial charge is 0.492 e. The molecule has 0 saturated carbocycles. The van der Waals surface area contributed by atoms with E-state index in [1.54, 1.807) is 12.1 Å². The van der Waals surface area contributed by atoms with Gasteiger partial charge in [-0.3, -0.25) is 10.1 Å². The van der Waals surface area contributed by atoms with Gasteiger partial charge in [0, 0.05) is 18.7 Å². The monoisotopic (exact) mass is 236 g/mol. The lowest BCUT2D eigenvalue weighted by molar-refractivity contribution is -0.384. The predicted octanol–water partition coefficient (Wildman–Crippen LogP) is 2.14. The van der Waals surface area contributed by atoms with Crippen molar-refractivity contribution in [1.29, 1.82) is 0 Å². The van der Waals surface area contributed by atoms with E-state index in [4.69, 9.17) is 4.74 Å². The zero-order chi connectivity index (χ0) is 12.5. The summed E-state index contributed by atoms with van der Waals surface area (Å²) in [6.07, 6.45) is 2.78. The van der Waals surface area contributed by atoms with Crippen LogP contribution in [0, 0.1) is 10.1 Å². The summed E-state index contributed by atoms with van der Waals surface area (Å²) in [5, 5.41) is 13.6. The van der Waals surface area contributed by atoms with Crippen molar-refractivity contribution in [1.82, 2.24) is 5.32 Å². The molecule has 0 amide bonds. The van der Waals surface area contributed by atoms with Gasteiger partial charge in [-0.2, -0.15) is 0 Å². The van der Waals surface area contributed by atoms with Crippen molar-refractivity contribution >= 4 is 5.69 Å². The molecule has 0 aliphatic rings. The Labute approximate surface area is 100 Å². The van der Waals surface area contributed by atoms with Crippen LogP contribution in [-0.4, -0.2) is 24.6 Å². The van der Waals surface area contributed by atoms with Gasteiger partial charge in [-0.1, -0.05) is 6.08 Å². The number of ether oxygens (including phenoxy) is 1. The minimum atomic E-state index is -0.430. The van der Waals surface area contributed by atoms with Crippen LogP contribution in [0.3, 0.4) is 0 Å². The molecule has 1 N–H and O–H groups in total. The molecule has 0 aromatic heterocycles. The fourth-order valence-corrected chi connectivity index (χ4v) is 1.23. The van der Waals surface area contributed by atoms with Crippen LogP contribution in [0.15, 0.2) is 36.9 Å². The quantitative estimate of drug-likeness (QED) is 0.325. The second kappa shape index (κ2) is 7.40. The minimum absolute atomic E-state index is 0.0708. The Morgan fingerprint density at radius 2 is 2.06 bits per heavy atom. The number of non-ortho nitro benzene ring substituents is 1. The van der Waals surface area contributed by atoms with E-state index in [1.807, 2.05) is 6.08 Å². The first kappa shape index (κ1) is 13.2. The molecular weight excluding hydrogens is 220 g/mol. The molecule has 0 spiro atoms. The zero-order valence-corrected chi connectivity index (χ0v) is 9.59. The highest BCUT2D eigenvalue weighted by molar-refractivity contribution is 5.35. The van der Waals surface area contributed by atoms with Crippen LogP contribution >= 0.6 is 0 Å². The van der Waals surface area contributed by atoms with Crippen LogP contribution in [0.4, 0.5) is 5.69 Å². The van der Waals surface area contributed by atoms with Gasteiger partial charge in [0.25, 0.3) is 5.69 Å². The number of nitro benzene ring substituents is 1. The summed E-state index contributed by atoms with van der Waals surface area (Å²) < 4.78 is 5.41. The van der Waals surface area contributed by atoms with E-state index in [0.717, 1.165) is 19.5 Å². The molecule has 0 bridgehead atoms. The first-order valence-electron chi connectivity index (χ1n) is 5.43. The summed E-state index contributed by atoms with van der Waals surface area (Å²) in [4.78, 5) is 9.99. The molecule has 0 heterocycles. The molecule has 0 aliphatic carbocycles. The van der Waals surface area contributed by atoms with Crippen LogP contribution in [0.25, 0.3) is 0 Å². The van der Waals surface area contributed by atoms with Crippen molar-refractivity contribution in [2.45, 2.75) is 6.42 Å². The number of nitro groups is 1. The second-order valence-electron chi connectivity index (χ2n) is 3.43. The maximum atomic E-state index is 10.4. The molecule has 1 aromatic rings. The fourth-order valence-electron chi connectivity index (χ4n) is 1.23. The number of nitrogens with zero attached hydrogens (tertiary/aromatic N) is 1. The Kier molecular flexibility index (Phi) is 5.74. The number of hydrogen-bond acceptors (Lipinski definition) is 4. The third kappa shape index (κ3) is 5.12. The summed E-state index contributed by atoms with van der Waals surface area (Å²) >= 11 is 0. The van der Waals surface area contributed by atoms with Gasteiger partial charge in [0.05, 0.1) is 4.92 Å². The lowest BCUT2D eigenvalue weighted by Crippen LogP contribution is -2.21. The van der Waals surface area contributed by atoms with Gasteiger partial charge in [-0.05, 0) is 25.1 Å². The van der Waals surface area contributed by atoms with Gasteiger partial charge in [-0.25, -0.2) is 0 Å². The zero-order valence-electron chi connectivity index (χ0n) is 9.59. The number of rotatable bonds is 8. The maximum Gasteiger partial charge on any atom is 0.269 e. The van der Waals surface area contributed by atoms with E-state index >= 15 is 0 Å². The summed E-state index contributed by atoms with van der Waals surface area (Å²) in [6, 6.07) is 6.06. The molecule has 17 heavy (non-hydrogen) atoms. The molecule has 5 heteroatoms. The third-order valence-corrected chi connectivity index (χ3v) is 2.12. The lowest BCUT2D eigenvalue weighted by Gasteiger charge is -2.06.